The predicted molar refractivity (Wildman–Crippen MR) is 162 cm³/mol. The average Bonchev–Trinajstić information content (AvgIpc) is 3.47. The van der Waals surface area contributed by atoms with E-state index >= 15 is 0 Å². The predicted octanol–water partition coefficient (Wildman–Crippen LogP) is 5.91. The van der Waals surface area contributed by atoms with E-state index in [9.17, 15) is 9.90 Å². The number of fused-ring (bicyclic) bond motifs is 3. The van der Waals surface area contributed by atoms with Gasteiger partial charge in [0.05, 0.1) is 23.4 Å². The van der Waals surface area contributed by atoms with Crippen LogP contribution in [0.1, 0.15) is 20.8 Å². The Balaban J connectivity index is 1.22. The van der Waals surface area contributed by atoms with Crippen LogP contribution in [0.3, 0.4) is 0 Å². The van der Waals surface area contributed by atoms with E-state index in [2.05, 4.69) is 44.0 Å². The lowest BCUT2D eigenvalue weighted by Gasteiger charge is -2.26. The first-order valence-corrected chi connectivity index (χ1v) is 14.1. The van der Waals surface area contributed by atoms with Gasteiger partial charge in [0, 0.05) is 48.6 Å². The van der Waals surface area contributed by atoms with E-state index in [1.165, 1.54) is 10.8 Å². The van der Waals surface area contributed by atoms with Crippen molar-refractivity contribution in [1.29, 1.82) is 0 Å². The number of thiazole rings is 1. The minimum atomic E-state index is -0.608. The molecule has 0 saturated carbocycles. The summed E-state index contributed by atoms with van der Waals surface area (Å²) in [7, 11) is 0. The largest absolute Gasteiger partial charge is 0.512 e. The number of amides is 2. The van der Waals surface area contributed by atoms with Crippen LogP contribution in [0, 0.1) is 5.41 Å². The number of nitrogens with two attached hydrogens (primary N) is 1. The van der Waals surface area contributed by atoms with Crippen LogP contribution in [0.4, 0.5) is 10.5 Å². The van der Waals surface area contributed by atoms with Crippen molar-refractivity contribution in [2.45, 2.75) is 20.8 Å². The quantitative estimate of drug-likeness (QED) is 0.147. The lowest BCUT2D eigenvalue weighted by atomic mass is 9.93. The van der Waals surface area contributed by atoms with Gasteiger partial charge in [-0.05, 0) is 42.0 Å². The fourth-order valence-electron chi connectivity index (χ4n) is 4.37. The van der Waals surface area contributed by atoms with E-state index < -0.39 is 11.4 Å². The van der Waals surface area contributed by atoms with Gasteiger partial charge < -0.3 is 30.0 Å². The van der Waals surface area contributed by atoms with Crippen molar-refractivity contribution in [3.05, 3.63) is 66.6 Å². The van der Waals surface area contributed by atoms with Gasteiger partial charge in [0.15, 0.2) is 0 Å². The third-order valence-electron chi connectivity index (χ3n) is 6.72. The van der Waals surface area contributed by atoms with Crippen molar-refractivity contribution in [1.82, 2.24) is 9.30 Å². The molecule has 2 aromatic heterocycles. The number of aliphatic imine (C=N–C) groups is 1. The van der Waals surface area contributed by atoms with Crippen molar-refractivity contribution in [3.63, 3.8) is 0 Å². The molecular formula is C30H35N5O4S. The van der Waals surface area contributed by atoms with Crippen LogP contribution >= 0.6 is 11.3 Å². The SMILES string of the molecule is CC(C)(C)/C(O)=C/C(N)=N\C(=O)Nc1ccc(-c2cc3sc4cc(OCCN5CCOCC5)ccc4n3c2)cc1. The zero-order chi connectivity index (χ0) is 28.3. The maximum atomic E-state index is 12.3. The maximum absolute atomic E-state index is 12.3. The van der Waals surface area contributed by atoms with Crippen molar-refractivity contribution < 1.29 is 19.4 Å². The fraction of sp³-hybridized carbons (Fsp3) is 0.333. The summed E-state index contributed by atoms with van der Waals surface area (Å²) in [6.45, 7) is 10.6. The van der Waals surface area contributed by atoms with Crippen LogP contribution < -0.4 is 15.8 Å². The number of nitrogens with zero attached hydrogens (tertiary/aromatic N) is 3. The van der Waals surface area contributed by atoms with Crippen molar-refractivity contribution in [3.8, 4) is 16.9 Å². The number of urea groups is 1. The normalized spacial score (nSPS) is 15.6. The second-order valence-corrected chi connectivity index (χ2v) is 11.9. The Kier molecular flexibility index (Phi) is 8.11. The van der Waals surface area contributed by atoms with Gasteiger partial charge in [-0.1, -0.05) is 32.9 Å². The first kappa shape index (κ1) is 27.7. The van der Waals surface area contributed by atoms with Crippen LogP contribution in [0.15, 0.2) is 71.6 Å². The van der Waals surface area contributed by atoms with Crippen LogP contribution in [0.5, 0.6) is 5.75 Å². The van der Waals surface area contributed by atoms with Gasteiger partial charge in [-0.15, -0.1) is 11.3 Å². The van der Waals surface area contributed by atoms with Gasteiger partial charge in [0.25, 0.3) is 0 Å². The highest BCUT2D eigenvalue weighted by Gasteiger charge is 2.16. The number of carbonyl (C=O) groups is 1. The summed E-state index contributed by atoms with van der Waals surface area (Å²) in [4.78, 5) is 19.6. The van der Waals surface area contributed by atoms with Gasteiger partial charge in [-0.2, -0.15) is 4.99 Å². The first-order valence-electron chi connectivity index (χ1n) is 13.3. The van der Waals surface area contributed by atoms with Crippen molar-refractivity contribution >= 4 is 43.9 Å². The highest BCUT2D eigenvalue weighted by atomic mass is 32.1. The molecule has 2 aromatic carbocycles. The lowest BCUT2D eigenvalue weighted by Crippen LogP contribution is -2.38. The summed E-state index contributed by atoms with van der Waals surface area (Å²) in [6, 6.07) is 15.4. The Morgan fingerprint density at radius 2 is 1.90 bits per heavy atom. The number of morpholine rings is 1. The molecule has 4 N–H and O–H groups in total. The van der Waals surface area contributed by atoms with Crippen molar-refractivity contribution in [2.24, 2.45) is 16.1 Å². The van der Waals surface area contributed by atoms with Gasteiger partial charge in [-0.3, -0.25) is 4.90 Å². The number of amidine groups is 1. The molecule has 4 aromatic rings. The fourth-order valence-corrected chi connectivity index (χ4v) is 5.47. The number of rotatable bonds is 7. The maximum Gasteiger partial charge on any atom is 0.347 e. The molecule has 0 unspecified atom stereocenters. The van der Waals surface area contributed by atoms with E-state index in [0.29, 0.717) is 12.3 Å². The summed E-state index contributed by atoms with van der Waals surface area (Å²) in [5.74, 6) is 0.880. The smallest absolute Gasteiger partial charge is 0.347 e. The molecule has 0 aliphatic carbocycles. The topological polar surface area (TPSA) is 114 Å². The lowest BCUT2D eigenvalue weighted by molar-refractivity contribution is 0.0322. The van der Waals surface area contributed by atoms with Crippen LogP contribution in [-0.4, -0.2) is 65.7 Å². The van der Waals surface area contributed by atoms with Gasteiger partial charge >= 0.3 is 6.03 Å². The summed E-state index contributed by atoms with van der Waals surface area (Å²) >= 11 is 1.73. The molecule has 210 valence electrons. The number of aromatic nitrogens is 1. The van der Waals surface area contributed by atoms with E-state index in [-0.39, 0.29) is 11.6 Å². The molecule has 1 fully saturated rings. The number of aliphatic hydroxyl groups excluding tert-OH is 1. The Labute approximate surface area is 237 Å². The summed E-state index contributed by atoms with van der Waals surface area (Å²) in [5.41, 5.74) is 9.16. The number of allylic oxidation sites excluding steroid dienone is 1. The van der Waals surface area contributed by atoms with Crippen LogP contribution in [-0.2, 0) is 4.74 Å². The number of aliphatic hydroxyl groups is 1. The number of benzene rings is 2. The molecule has 1 aliphatic rings. The van der Waals surface area contributed by atoms with Gasteiger partial charge in [0.1, 0.15) is 28.8 Å². The third kappa shape index (κ3) is 6.64. The van der Waals surface area contributed by atoms with E-state index in [1.54, 1.807) is 11.3 Å². The second-order valence-electron chi connectivity index (χ2n) is 10.8. The highest BCUT2D eigenvalue weighted by molar-refractivity contribution is 7.24. The molecule has 0 radical (unpaired) electrons. The number of hydrogen-bond donors (Lipinski definition) is 3. The minimum Gasteiger partial charge on any atom is -0.512 e. The molecule has 5 rings (SSSR count). The molecule has 2 amide bonds. The van der Waals surface area contributed by atoms with E-state index in [4.69, 9.17) is 15.2 Å². The molecule has 10 heteroatoms. The molecule has 1 saturated heterocycles. The number of anilines is 1. The zero-order valence-corrected chi connectivity index (χ0v) is 23.8. The number of carbonyl (C=O) groups excluding carboxylic acids is 1. The summed E-state index contributed by atoms with van der Waals surface area (Å²) < 4.78 is 14.8. The number of ether oxygens (including phenoxy) is 2. The molecule has 3 heterocycles. The monoisotopic (exact) mass is 561 g/mol. The van der Waals surface area contributed by atoms with Crippen LogP contribution in [0.25, 0.3) is 26.2 Å². The van der Waals surface area contributed by atoms with Crippen LogP contribution in [0.2, 0.25) is 0 Å². The molecule has 0 spiro atoms. The van der Waals surface area contributed by atoms with Crippen molar-refractivity contribution in [2.75, 3.05) is 44.8 Å². The molecular weight excluding hydrogens is 526 g/mol. The minimum absolute atomic E-state index is 0.0550. The number of hydrogen-bond acceptors (Lipinski definition) is 6. The summed E-state index contributed by atoms with van der Waals surface area (Å²) in [5, 5.41) is 12.7. The van der Waals surface area contributed by atoms with Gasteiger partial charge in [0.2, 0.25) is 0 Å². The first-order chi connectivity index (χ1) is 19.2. The Morgan fingerprint density at radius 1 is 1.15 bits per heavy atom. The highest BCUT2D eigenvalue weighted by Crippen LogP contribution is 2.34. The van der Waals surface area contributed by atoms with E-state index in [1.807, 2.05) is 51.1 Å². The second kappa shape index (κ2) is 11.7. The molecule has 40 heavy (non-hydrogen) atoms. The Morgan fingerprint density at radius 3 is 2.62 bits per heavy atom. The molecule has 9 nitrogen and oxygen atoms in total. The molecule has 0 atom stereocenters. The number of nitrogens with one attached hydrogen (secondary N) is 1. The average molecular weight is 562 g/mol. The standard InChI is InChI=1S/C30H35N5O4S/c1-30(2,3)26(36)18-27(31)33-29(37)32-22-6-4-20(5-7-22)21-16-28-35(19-21)24-9-8-23(17-25(24)40-28)39-15-12-34-10-13-38-14-11-34/h4-9,16-19,36H,10-15H2,1-3H3,(H3,31,32,33,37)/b26-18-. The molecule has 0 bridgehead atoms. The molecule has 1 aliphatic heterocycles. The zero-order valence-electron chi connectivity index (χ0n) is 23.0. The third-order valence-corrected chi connectivity index (χ3v) is 7.79. The van der Waals surface area contributed by atoms with E-state index in [0.717, 1.165) is 60.1 Å². The summed E-state index contributed by atoms with van der Waals surface area (Å²) in [6.07, 6.45) is 3.42. The van der Waals surface area contributed by atoms with Gasteiger partial charge in [-0.25, -0.2) is 4.79 Å². The Bertz CT molecular complexity index is 1560. The Hall–Kier alpha value is -3.86.